The summed E-state index contributed by atoms with van der Waals surface area (Å²) in [6.07, 6.45) is -1.24. The van der Waals surface area contributed by atoms with Gasteiger partial charge in [-0.2, -0.15) is 0 Å². The number of esters is 1. The van der Waals surface area contributed by atoms with E-state index < -0.39 is 17.9 Å². The molecule has 1 aromatic rings. The summed E-state index contributed by atoms with van der Waals surface area (Å²) >= 11 is 5.77. The highest BCUT2D eigenvalue weighted by molar-refractivity contribution is 6.31. The minimum absolute atomic E-state index is 0.196. The number of halogens is 1. The van der Waals surface area contributed by atoms with Crippen LogP contribution >= 0.6 is 11.6 Å². The third-order valence-electron chi connectivity index (χ3n) is 2.08. The molecule has 5 heteroatoms. The maximum atomic E-state index is 12.0. The van der Waals surface area contributed by atoms with Gasteiger partial charge in [0.25, 0.3) is 0 Å². The first-order valence-corrected chi connectivity index (χ1v) is 5.47. The fraction of sp³-hybridized carbons (Fsp3) is 0.333. The number of ketones is 1. The lowest BCUT2D eigenvalue weighted by Crippen LogP contribution is -2.33. The minimum Gasteiger partial charge on any atom is -0.464 e. The predicted octanol–water partition coefficient (Wildman–Crippen LogP) is 2.10. The van der Waals surface area contributed by atoms with Crippen LogP contribution in [0.3, 0.4) is 0 Å². The highest BCUT2D eigenvalue weighted by atomic mass is 35.5. The van der Waals surface area contributed by atoms with Gasteiger partial charge in [-0.3, -0.25) is 4.79 Å². The first-order valence-electron chi connectivity index (χ1n) is 5.09. The summed E-state index contributed by atoms with van der Waals surface area (Å²) in [7, 11) is 1.28. The minimum atomic E-state index is -1.24. The molecular weight excluding hydrogens is 244 g/mol. The van der Waals surface area contributed by atoms with Gasteiger partial charge in [-0.15, -0.1) is 0 Å². The molecule has 0 saturated heterocycles. The number of hydrogen-bond donors (Lipinski definition) is 0. The zero-order chi connectivity index (χ0) is 12.8. The molecule has 4 nitrogen and oxygen atoms in total. The van der Waals surface area contributed by atoms with Crippen molar-refractivity contribution in [3.05, 3.63) is 34.9 Å². The van der Waals surface area contributed by atoms with Crippen molar-refractivity contribution in [2.24, 2.45) is 0 Å². The first-order chi connectivity index (χ1) is 8.10. The Balaban J connectivity index is 2.90. The summed E-state index contributed by atoms with van der Waals surface area (Å²) in [5.41, 5.74) is 0.317. The Labute approximate surface area is 104 Å². The molecule has 0 fully saturated rings. The lowest BCUT2D eigenvalue weighted by Gasteiger charge is -2.12. The molecule has 1 aromatic carbocycles. The van der Waals surface area contributed by atoms with E-state index in [4.69, 9.17) is 21.1 Å². The Morgan fingerprint density at radius 2 is 2.12 bits per heavy atom. The molecule has 17 heavy (non-hydrogen) atoms. The lowest BCUT2D eigenvalue weighted by atomic mass is 10.1. The van der Waals surface area contributed by atoms with Crippen LogP contribution in [-0.2, 0) is 14.3 Å². The van der Waals surface area contributed by atoms with E-state index in [9.17, 15) is 9.59 Å². The van der Waals surface area contributed by atoms with Gasteiger partial charge in [0, 0.05) is 17.7 Å². The van der Waals surface area contributed by atoms with Crippen molar-refractivity contribution >= 4 is 23.4 Å². The van der Waals surface area contributed by atoms with Crippen LogP contribution in [0.25, 0.3) is 0 Å². The van der Waals surface area contributed by atoms with E-state index in [2.05, 4.69) is 0 Å². The topological polar surface area (TPSA) is 52.6 Å². The summed E-state index contributed by atoms with van der Waals surface area (Å²) in [6, 6.07) is 6.33. The largest absolute Gasteiger partial charge is 0.464 e. The van der Waals surface area contributed by atoms with Gasteiger partial charge < -0.3 is 9.47 Å². The van der Waals surface area contributed by atoms with Gasteiger partial charge >= 0.3 is 5.97 Å². The molecule has 0 bridgehead atoms. The summed E-state index contributed by atoms with van der Waals surface area (Å²) in [6.45, 7) is 1.86. The van der Waals surface area contributed by atoms with E-state index in [1.54, 1.807) is 25.1 Å². The number of ether oxygens (including phenoxy) is 2. The summed E-state index contributed by atoms with van der Waals surface area (Å²) in [5, 5.41) is 0.426. The first kappa shape index (κ1) is 13.7. The van der Waals surface area contributed by atoms with E-state index in [1.165, 1.54) is 13.2 Å². The number of carbonyl (C=O) groups excluding carboxylic acids is 2. The Bertz CT molecular complexity index is 417. The second-order valence-electron chi connectivity index (χ2n) is 3.24. The quantitative estimate of drug-likeness (QED) is 0.460. The molecule has 0 radical (unpaired) electrons. The molecule has 0 aliphatic rings. The van der Waals surface area contributed by atoms with Gasteiger partial charge in [0.2, 0.25) is 11.9 Å². The molecule has 0 aliphatic carbocycles. The number of rotatable bonds is 5. The van der Waals surface area contributed by atoms with Gasteiger partial charge in [-0.25, -0.2) is 4.79 Å². The average molecular weight is 257 g/mol. The molecule has 0 spiro atoms. The van der Waals surface area contributed by atoms with E-state index in [1.807, 2.05) is 0 Å². The van der Waals surface area contributed by atoms with E-state index in [-0.39, 0.29) is 6.61 Å². The Kier molecular flexibility index (Phi) is 5.12. The predicted molar refractivity (Wildman–Crippen MR) is 63.2 cm³/mol. The van der Waals surface area contributed by atoms with Crippen LogP contribution in [0.1, 0.15) is 17.3 Å². The lowest BCUT2D eigenvalue weighted by molar-refractivity contribution is -0.151. The van der Waals surface area contributed by atoms with Gasteiger partial charge in [0.15, 0.2) is 0 Å². The molecular formula is C12H13ClO4. The SMILES string of the molecule is CCOC(=O)C(OC)C(=O)c1cccc(Cl)c1. The zero-order valence-electron chi connectivity index (χ0n) is 9.60. The van der Waals surface area contributed by atoms with Gasteiger partial charge in [0.1, 0.15) is 0 Å². The highest BCUT2D eigenvalue weighted by Crippen LogP contribution is 2.14. The number of benzene rings is 1. The Morgan fingerprint density at radius 3 is 2.65 bits per heavy atom. The molecule has 0 amide bonds. The molecule has 0 N–H and O–H groups in total. The molecule has 0 saturated carbocycles. The van der Waals surface area contributed by atoms with Crippen LogP contribution < -0.4 is 0 Å². The second-order valence-corrected chi connectivity index (χ2v) is 3.68. The monoisotopic (exact) mass is 256 g/mol. The fourth-order valence-corrected chi connectivity index (χ4v) is 1.51. The summed E-state index contributed by atoms with van der Waals surface area (Å²) in [5.74, 6) is -1.16. The Hall–Kier alpha value is -1.39. The molecule has 92 valence electrons. The fourth-order valence-electron chi connectivity index (χ4n) is 1.32. The summed E-state index contributed by atoms with van der Waals surface area (Å²) < 4.78 is 9.60. The van der Waals surface area contributed by atoms with Crippen molar-refractivity contribution in [2.75, 3.05) is 13.7 Å². The molecule has 1 rings (SSSR count). The molecule has 0 aliphatic heterocycles. The van der Waals surface area contributed by atoms with Crippen molar-refractivity contribution in [3.8, 4) is 0 Å². The highest BCUT2D eigenvalue weighted by Gasteiger charge is 2.28. The number of hydrogen-bond acceptors (Lipinski definition) is 4. The van der Waals surface area contributed by atoms with Crippen LogP contribution in [0.2, 0.25) is 5.02 Å². The maximum absolute atomic E-state index is 12.0. The van der Waals surface area contributed by atoms with Crippen molar-refractivity contribution in [2.45, 2.75) is 13.0 Å². The number of methoxy groups -OCH3 is 1. The maximum Gasteiger partial charge on any atom is 0.343 e. The van der Waals surface area contributed by atoms with Crippen molar-refractivity contribution < 1.29 is 19.1 Å². The Morgan fingerprint density at radius 1 is 1.41 bits per heavy atom. The molecule has 1 unspecified atom stereocenters. The van der Waals surface area contributed by atoms with Crippen LogP contribution in [0, 0.1) is 0 Å². The van der Waals surface area contributed by atoms with Crippen molar-refractivity contribution in [1.29, 1.82) is 0 Å². The molecule has 0 aromatic heterocycles. The molecule has 0 heterocycles. The van der Waals surface area contributed by atoms with E-state index in [0.717, 1.165) is 0 Å². The normalized spacial score (nSPS) is 11.9. The number of Topliss-reactive ketones (excluding diaryl/α,β-unsaturated/α-hetero) is 1. The smallest absolute Gasteiger partial charge is 0.343 e. The standard InChI is InChI=1S/C12H13ClO4/c1-3-17-12(15)11(16-2)10(14)8-5-4-6-9(13)7-8/h4-7,11H,3H2,1-2H3. The third kappa shape index (κ3) is 3.54. The van der Waals surface area contributed by atoms with Crippen LogP contribution in [-0.4, -0.2) is 31.6 Å². The second kappa shape index (κ2) is 6.37. The third-order valence-corrected chi connectivity index (χ3v) is 2.32. The average Bonchev–Trinajstić information content (AvgIpc) is 2.30. The van der Waals surface area contributed by atoms with Gasteiger partial charge in [-0.1, -0.05) is 23.7 Å². The van der Waals surface area contributed by atoms with E-state index >= 15 is 0 Å². The summed E-state index contributed by atoms with van der Waals surface area (Å²) in [4.78, 5) is 23.4. The van der Waals surface area contributed by atoms with Crippen LogP contribution in [0.5, 0.6) is 0 Å². The van der Waals surface area contributed by atoms with Crippen LogP contribution in [0.4, 0.5) is 0 Å². The van der Waals surface area contributed by atoms with Crippen molar-refractivity contribution in [3.63, 3.8) is 0 Å². The number of carbonyl (C=O) groups is 2. The van der Waals surface area contributed by atoms with Gasteiger partial charge in [0.05, 0.1) is 6.61 Å². The van der Waals surface area contributed by atoms with Crippen LogP contribution in [0.15, 0.2) is 24.3 Å². The van der Waals surface area contributed by atoms with E-state index in [0.29, 0.717) is 10.6 Å². The zero-order valence-corrected chi connectivity index (χ0v) is 10.4. The van der Waals surface area contributed by atoms with Crippen molar-refractivity contribution in [1.82, 2.24) is 0 Å². The van der Waals surface area contributed by atoms with Gasteiger partial charge in [-0.05, 0) is 19.1 Å². The molecule has 1 atom stereocenters.